The molecule has 0 bridgehead atoms. The molecule has 0 unspecified atom stereocenters. The third-order valence-corrected chi connectivity index (χ3v) is 9.95. The molecular weight excluding hydrogens is 376 g/mol. The van der Waals surface area contributed by atoms with Crippen LogP contribution in [0.4, 0.5) is 0 Å². The third kappa shape index (κ3) is 2.78. The van der Waals surface area contributed by atoms with Crippen LogP contribution in [-0.2, 0) is 4.79 Å². The highest BCUT2D eigenvalue weighted by Gasteiger charge is 2.59. The number of carbonyl (C=O) groups excluding carboxylic acids is 1. The van der Waals surface area contributed by atoms with Crippen LogP contribution in [0.1, 0.15) is 78.1 Å². The topological polar surface area (TPSA) is 37.3 Å². The van der Waals surface area contributed by atoms with Gasteiger partial charge in [-0.1, -0.05) is 36.2 Å². The van der Waals surface area contributed by atoms with E-state index < -0.39 is 0 Å². The third-order valence-electron chi connectivity index (χ3n) is 9.40. The monoisotopic (exact) mass is 410 g/mol. The fourth-order valence-electron chi connectivity index (χ4n) is 8.05. The van der Waals surface area contributed by atoms with Crippen LogP contribution in [0.3, 0.4) is 0 Å². The van der Waals surface area contributed by atoms with Crippen LogP contribution < -0.4 is 0 Å². The Kier molecular flexibility index (Phi) is 4.89. The molecule has 0 aromatic heterocycles. The van der Waals surface area contributed by atoms with Crippen molar-refractivity contribution >= 4 is 21.7 Å². The standard InChI is InChI=1S/C22H35BrO2/c1-21-10-8-15(24)12-14(21)6-7-16-17-4-3-5-19(20(25)13-23)22(17,2)11-9-18(16)21/h14-19,24H,3-13H2,1-2H3/t14-,15+,16-,17-,18-,19+,21-,22-/m0/s1. The molecule has 25 heavy (non-hydrogen) atoms. The van der Waals surface area contributed by atoms with Gasteiger partial charge in [0.05, 0.1) is 11.4 Å². The lowest BCUT2D eigenvalue weighted by Gasteiger charge is -2.63. The molecule has 0 aromatic rings. The Morgan fingerprint density at radius 2 is 1.72 bits per heavy atom. The molecule has 0 radical (unpaired) electrons. The van der Waals surface area contributed by atoms with E-state index in [9.17, 15) is 9.90 Å². The molecule has 4 saturated carbocycles. The lowest BCUT2D eigenvalue weighted by Crippen LogP contribution is -2.57. The molecule has 0 amide bonds. The molecule has 4 aliphatic rings. The number of alkyl halides is 1. The van der Waals surface area contributed by atoms with E-state index in [0.29, 0.717) is 16.5 Å². The Hall–Kier alpha value is 0.110. The van der Waals surface area contributed by atoms with Crippen LogP contribution >= 0.6 is 15.9 Å². The summed E-state index contributed by atoms with van der Waals surface area (Å²) in [4.78, 5) is 12.6. The predicted molar refractivity (Wildman–Crippen MR) is 105 cm³/mol. The fourth-order valence-corrected chi connectivity index (χ4v) is 8.44. The Balaban J connectivity index is 1.61. The SMILES string of the molecule is C[C@]12CC[C@@H](O)C[C@@H]1CC[C@@H]1[C@@H]2CC[C@]2(C)[C@@H](C(=O)CBr)CCC[C@@H]12. The minimum absolute atomic E-state index is 0.0564. The van der Waals surface area contributed by atoms with Crippen LogP contribution in [0.25, 0.3) is 0 Å². The summed E-state index contributed by atoms with van der Waals surface area (Å²) in [5.74, 6) is 3.86. The molecule has 4 aliphatic carbocycles. The maximum Gasteiger partial charge on any atom is 0.147 e. The van der Waals surface area contributed by atoms with Gasteiger partial charge in [0.2, 0.25) is 0 Å². The molecule has 0 spiro atoms. The van der Waals surface area contributed by atoms with Crippen molar-refractivity contribution in [1.29, 1.82) is 0 Å². The zero-order valence-corrected chi connectivity index (χ0v) is 17.6. The number of hydrogen-bond acceptors (Lipinski definition) is 2. The summed E-state index contributed by atoms with van der Waals surface area (Å²) < 4.78 is 0. The van der Waals surface area contributed by atoms with Crippen molar-refractivity contribution in [1.82, 2.24) is 0 Å². The van der Waals surface area contributed by atoms with Gasteiger partial charge in [-0.25, -0.2) is 0 Å². The second-order valence-corrected chi connectivity index (χ2v) is 10.8. The van der Waals surface area contributed by atoms with E-state index in [-0.39, 0.29) is 17.4 Å². The first-order valence-electron chi connectivity index (χ1n) is 10.7. The van der Waals surface area contributed by atoms with Crippen molar-refractivity contribution in [2.45, 2.75) is 84.2 Å². The largest absolute Gasteiger partial charge is 0.393 e. The molecule has 3 heteroatoms. The van der Waals surface area contributed by atoms with E-state index in [1.165, 1.54) is 44.9 Å². The van der Waals surface area contributed by atoms with Gasteiger partial charge in [-0.3, -0.25) is 4.79 Å². The predicted octanol–water partition coefficient (Wildman–Crippen LogP) is 5.36. The molecule has 142 valence electrons. The number of fused-ring (bicyclic) bond motifs is 5. The molecule has 4 rings (SSSR count). The summed E-state index contributed by atoms with van der Waals surface area (Å²) in [6.45, 7) is 5.00. The minimum Gasteiger partial charge on any atom is -0.393 e. The van der Waals surface area contributed by atoms with Gasteiger partial charge in [-0.2, -0.15) is 0 Å². The van der Waals surface area contributed by atoms with Gasteiger partial charge >= 0.3 is 0 Å². The van der Waals surface area contributed by atoms with Crippen molar-refractivity contribution in [3.05, 3.63) is 0 Å². The molecule has 0 heterocycles. The van der Waals surface area contributed by atoms with Crippen molar-refractivity contribution < 1.29 is 9.90 Å². The van der Waals surface area contributed by atoms with Crippen molar-refractivity contribution in [3.63, 3.8) is 0 Å². The first kappa shape index (κ1) is 18.5. The second-order valence-electron chi connectivity index (χ2n) is 10.2. The summed E-state index contributed by atoms with van der Waals surface area (Å²) in [5.41, 5.74) is 0.678. The van der Waals surface area contributed by atoms with E-state index in [1.807, 2.05) is 0 Å². The number of Topliss-reactive ketones (excluding diaryl/α,β-unsaturated/α-hetero) is 1. The van der Waals surface area contributed by atoms with Crippen molar-refractivity contribution in [2.24, 2.45) is 40.4 Å². The summed E-state index contributed by atoms with van der Waals surface area (Å²) >= 11 is 3.45. The molecule has 0 aliphatic heterocycles. The first-order chi connectivity index (χ1) is 11.9. The molecule has 8 atom stereocenters. The zero-order valence-electron chi connectivity index (χ0n) is 16.0. The Morgan fingerprint density at radius 3 is 2.48 bits per heavy atom. The summed E-state index contributed by atoms with van der Waals surface area (Å²) in [7, 11) is 0. The van der Waals surface area contributed by atoms with Gasteiger partial charge < -0.3 is 5.11 Å². The molecule has 4 fully saturated rings. The quantitative estimate of drug-likeness (QED) is 0.621. The average Bonchev–Trinajstić information content (AvgIpc) is 2.60. The van der Waals surface area contributed by atoms with Gasteiger partial charge in [0, 0.05) is 5.92 Å². The van der Waals surface area contributed by atoms with E-state index in [2.05, 4.69) is 29.8 Å². The van der Waals surface area contributed by atoms with Crippen LogP contribution in [0.2, 0.25) is 0 Å². The summed E-state index contributed by atoms with van der Waals surface area (Å²) in [6, 6.07) is 0. The van der Waals surface area contributed by atoms with Crippen LogP contribution in [0.5, 0.6) is 0 Å². The summed E-state index contributed by atoms with van der Waals surface area (Å²) in [6.07, 6.45) is 12.1. The number of aliphatic hydroxyl groups excluding tert-OH is 1. The molecule has 0 aromatic carbocycles. The highest BCUT2D eigenvalue weighted by atomic mass is 79.9. The molecule has 2 nitrogen and oxygen atoms in total. The first-order valence-corrected chi connectivity index (χ1v) is 11.8. The normalized spacial score (nSPS) is 52.6. The molecule has 1 N–H and O–H groups in total. The maximum absolute atomic E-state index is 12.6. The number of halogens is 1. The number of hydrogen-bond donors (Lipinski definition) is 1. The molecular formula is C22H35BrO2. The van der Waals surface area contributed by atoms with Crippen LogP contribution in [0.15, 0.2) is 0 Å². The maximum atomic E-state index is 12.6. The van der Waals surface area contributed by atoms with E-state index in [0.717, 1.165) is 42.9 Å². The number of rotatable bonds is 2. The number of aliphatic hydroxyl groups is 1. The van der Waals surface area contributed by atoms with Gasteiger partial charge in [-0.15, -0.1) is 0 Å². The van der Waals surface area contributed by atoms with Gasteiger partial charge in [0.15, 0.2) is 0 Å². The van der Waals surface area contributed by atoms with Gasteiger partial charge in [0.25, 0.3) is 0 Å². The van der Waals surface area contributed by atoms with E-state index in [1.54, 1.807) is 0 Å². The lowest BCUT2D eigenvalue weighted by molar-refractivity contribution is -0.158. The molecule has 0 saturated heterocycles. The smallest absolute Gasteiger partial charge is 0.147 e. The van der Waals surface area contributed by atoms with E-state index >= 15 is 0 Å². The second kappa shape index (κ2) is 6.62. The van der Waals surface area contributed by atoms with Crippen LogP contribution in [-0.4, -0.2) is 22.3 Å². The highest BCUT2D eigenvalue weighted by Crippen LogP contribution is 2.66. The van der Waals surface area contributed by atoms with Gasteiger partial charge in [0.1, 0.15) is 5.78 Å². The number of carbonyl (C=O) groups is 1. The lowest BCUT2D eigenvalue weighted by atomic mass is 9.41. The van der Waals surface area contributed by atoms with Crippen LogP contribution in [0, 0.1) is 40.4 Å². The average molecular weight is 411 g/mol. The van der Waals surface area contributed by atoms with Crippen molar-refractivity contribution in [2.75, 3.05) is 5.33 Å². The van der Waals surface area contributed by atoms with E-state index in [4.69, 9.17) is 0 Å². The Bertz CT molecular complexity index is 534. The Labute approximate surface area is 161 Å². The minimum atomic E-state index is -0.0564. The summed E-state index contributed by atoms with van der Waals surface area (Å²) in [5, 5.41) is 10.7. The Morgan fingerprint density at radius 1 is 1.00 bits per heavy atom. The zero-order chi connectivity index (χ0) is 17.8. The van der Waals surface area contributed by atoms with Crippen molar-refractivity contribution in [3.8, 4) is 0 Å². The highest BCUT2D eigenvalue weighted by molar-refractivity contribution is 9.09. The number of ketones is 1. The fraction of sp³-hybridized carbons (Fsp3) is 0.955. The van der Waals surface area contributed by atoms with Gasteiger partial charge in [-0.05, 0) is 92.3 Å².